The fourth-order valence-corrected chi connectivity index (χ4v) is 3.42. The lowest BCUT2D eigenvalue weighted by atomic mass is 9.52. The van der Waals surface area contributed by atoms with Gasteiger partial charge in [-0.3, -0.25) is 0 Å². The molecule has 0 aromatic heterocycles. The molecule has 118 valence electrons. The minimum Gasteiger partial charge on any atom is -0.311 e. The van der Waals surface area contributed by atoms with Gasteiger partial charge in [0.25, 0.3) is 0 Å². The molecular weight excluding hydrogens is 278 g/mol. The van der Waals surface area contributed by atoms with Gasteiger partial charge in [-0.2, -0.15) is 0 Å². The summed E-state index contributed by atoms with van der Waals surface area (Å²) in [6.07, 6.45) is 2.50. The molecule has 0 heterocycles. The van der Waals surface area contributed by atoms with Crippen LogP contribution in [0.5, 0.6) is 0 Å². The smallest absolute Gasteiger partial charge is 0.0408 e. The molecule has 2 heteroatoms. The normalized spacial score (nSPS) is 26.5. The molecule has 1 aliphatic rings. The fraction of sp³-hybridized carbons (Fsp3) is 0.684. The molecule has 1 fully saturated rings. The van der Waals surface area contributed by atoms with E-state index in [0.717, 1.165) is 17.5 Å². The first-order chi connectivity index (χ1) is 9.52. The third kappa shape index (κ3) is 4.02. The predicted octanol–water partition coefficient (Wildman–Crippen LogP) is 5.42. The molecule has 0 bridgehead atoms. The SMILES string of the molecule is CC(C)(C)NCC1(c2cccc(Cl)c2)CC(C(C)(C)C)C1. The Morgan fingerprint density at radius 3 is 2.24 bits per heavy atom. The lowest BCUT2D eigenvalue weighted by molar-refractivity contribution is 0.0411. The van der Waals surface area contributed by atoms with E-state index in [1.807, 2.05) is 6.07 Å². The minimum atomic E-state index is 0.151. The lowest BCUT2D eigenvalue weighted by Gasteiger charge is -2.54. The Balaban J connectivity index is 2.21. The molecule has 2 rings (SSSR count). The van der Waals surface area contributed by atoms with Gasteiger partial charge in [-0.25, -0.2) is 0 Å². The zero-order valence-electron chi connectivity index (χ0n) is 14.4. The molecule has 1 aliphatic carbocycles. The average Bonchev–Trinajstić information content (AvgIpc) is 2.24. The van der Waals surface area contributed by atoms with Crippen molar-refractivity contribution in [3.05, 3.63) is 34.9 Å². The molecular formula is C19H30ClN. The Bertz CT molecular complexity index is 482. The Kier molecular flexibility index (Phi) is 4.48. The summed E-state index contributed by atoms with van der Waals surface area (Å²) < 4.78 is 0. The molecule has 1 saturated carbocycles. The maximum absolute atomic E-state index is 6.23. The van der Waals surface area contributed by atoms with E-state index < -0.39 is 0 Å². The first-order valence-electron chi connectivity index (χ1n) is 8.03. The first-order valence-corrected chi connectivity index (χ1v) is 8.41. The van der Waals surface area contributed by atoms with Crippen LogP contribution in [0.1, 0.15) is 59.9 Å². The number of nitrogens with one attached hydrogen (secondary N) is 1. The highest BCUT2D eigenvalue weighted by Gasteiger charge is 2.49. The number of benzene rings is 1. The number of hydrogen-bond acceptors (Lipinski definition) is 1. The summed E-state index contributed by atoms with van der Waals surface area (Å²) in [5, 5.41) is 4.56. The van der Waals surface area contributed by atoms with Crippen molar-refractivity contribution in [2.24, 2.45) is 11.3 Å². The van der Waals surface area contributed by atoms with E-state index in [1.54, 1.807) is 0 Å². The zero-order valence-corrected chi connectivity index (χ0v) is 15.1. The zero-order chi connectivity index (χ0) is 15.9. The van der Waals surface area contributed by atoms with Crippen molar-refractivity contribution in [2.45, 2.75) is 65.3 Å². The molecule has 0 unspecified atom stereocenters. The monoisotopic (exact) mass is 307 g/mol. The minimum absolute atomic E-state index is 0.151. The van der Waals surface area contributed by atoms with Gasteiger partial charge in [0.1, 0.15) is 0 Å². The van der Waals surface area contributed by atoms with Gasteiger partial charge in [-0.05, 0) is 62.6 Å². The van der Waals surface area contributed by atoms with Crippen LogP contribution >= 0.6 is 11.6 Å². The van der Waals surface area contributed by atoms with Gasteiger partial charge in [0, 0.05) is 22.5 Å². The van der Waals surface area contributed by atoms with Crippen LogP contribution < -0.4 is 5.32 Å². The Labute approximate surface area is 135 Å². The second kappa shape index (κ2) is 5.59. The van der Waals surface area contributed by atoms with E-state index in [4.69, 9.17) is 11.6 Å². The Morgan fingerprint density at radius 2 is 1.76 bits per heavy atom. The molecule has 0 spiro atoms. The quantitative estimate of drug-likeness (QED) is 0.786. The van der Waals surface area contributed by atoms with Crippen molar-refractivity contribution in [3.8, 4) is 0 Å². The summed E-state index contributed by atoms with van der Waals surface area (Å²) in [7, 11) is 0. The molecule has 0 amide bonds. The number of hydrogen-bond donors (Lipinski definition) is 1. The average molecular weight is 308 g/mol. The van der Waals surface area contributed by atoms with E-state index in [2.05, 4.69) is 65.1 Å². The summed E-state index contributed by atoms with van der Waals surface area (Å²) in [4.78, 5) is 0. The molecule has 1 nitrogen and oxygen atoms in total. The second-order valence-electron chi connectivity index (χ2n) is 8.87. The van der Waals surface area contributed by atoms with E-state index in [-0.39, 0.29) is 11.0 Å². The van der Waals surface area contributed by atoms with Crippen LogP contribution in [0.15, 0.2) is 24.3 Å². The summed E-state index contributed by atoms with van der Waals surface area (Å²) in [6, 6.07) is 8.46. The molecule has 0 atom stereocenters. The van der Waals surface area contributed by atoms with E-state index in [1.165, 1.54) is 18.4 Å². The highest BCUT2D eigenvalue weighted by Crippen LogP contribution is 2.54. The van der Waals surface area contributed by atoms with E-state index in [9.17, 15) is 0 Å². The van der Waals surface area contributed by atoms with Crippen LogP contribution in [0.4, 0.5) is 0 Å². The topological polar surface area (TPSA) is 12.0 Å². The van der Waals surface area contributed by atoms with Crippen LogP contribution in [0.2, 0.25) is 5.02 Å². The summed E-state index contributed by atoms with van der Waals surface area (Å²) in [6.45, 7) is 14.8. The third-order valence-corrected chi connectivity index (χ3v) is 5.13. The van der Waals surface area contributed by atoms with Gasteiger partial charge < -0.3 is 5.32 Å². The van der Waals surface area contributed by atoms with Gasteiger partial charge in [-0.15, -0.1) is 0 Å². The van der Waals surface area contributed by atoms with Crippen LogP contribution in [0.25, 0.3) is 0 Å². The molecule has 0 radical (unpaired) electrons. The van der Waals surface area contributed by atoms with Crippen molar-refractivity contribution in [2.75, 3.05) is 6.54 Å². The van der Waals surface area contributed by atoms with Crippen LogP contribution in [-0.4, -0.2) is 12.1 Å². The predicted molar refractivity (Wildman–Crippen MR) is 93.1 cm³/mol. The van der Waals surface area contributed by atoms with Crippen molar-refractivity contribution < 1.29 is 0 Å². The van der Waals surface area contributed by atoms with Crippen molar-refractivity contribution in [3.63, 3.8) is 0 Å². The molecule has 0 aliphatic heterocycles. The highest BCUT2D eigenvalue weighted by molar-refractivity contribution is 6.30. The van der Waals surface area contributed by atoms with Crippen molar-refractivity contribution >= 4 is 11.6 Å². The first kappa shape index (κ1) is 16.8. The maximum atomic E-state index is 6.23. The van der Waals surface area contributed by atoms with Crippen LogP contribution in [-0.2, 0) is 5.41 Å². The van der Waals surface area contributed by atoms with Gasteiger partial charge in [0.2, 0.25) is 0 Å². The number of halogens is 1. The van der Waals surface area contributed by atoms with E-state index in [0.29, 0.717) is 5.41 Å². The van der Waals surface area contributed by atoms with Gasteiger partial charge >= 0.3 is 0 Å². The Hall–Kier alpha value is -0.530. The largest absolute Gasteiger partial charge is 0.311 e. The molecule has 21 heavy (non-hydrogen) atoms. The number of rotatable bonds is 3. The summed E-state index contributed by atoms with van der Waals surface area (Å²) in [5.74, 6) is 0.790. The van der Waals surface area contributed by atoms with Gasteiger partial charge in [0.15, 0.2) is 0 Å². The maximum Gasteiger partial charge on any atom is 0.0408 e. The summed E-state index contributed by atoms with van der Waals surface area (Å²) in [5.41, 5.74) is 2.19. The van der Waals surface area contributed by atoms with Crippen LogP contribution in [0, 0.1) is 11.3 Å². The van der Waals surface area contributed by atoms with Crippen molar-refractivity contribution in [1.29, 1.82) is 0 Å². The van der Waals surface area contributed by atoms with Crippen molar-refractivity contribution in [1.82, 2.24) is 5.32 Å². The van der Waals surface area contributed by atoms with Crippen LogP contribution in [0.3, 0.4) is 0 Å². The van der Waals surface area contributed by atoms with E-state index >= 15 is 0 Å². The standard InChI is InChI=1S/C19H30ClN/c1-17(2,3)15-11-19(12-15,13-21-18(4,5)6)14-8-7-9-16(20)10-14/h7-10,15,21H,11-13H2,1-6H3. The molecule has 1 aromatic rings. The molecule has 1 N–H and O–H groups in total. The fourth-order valence-electron chi connectivity index (χ4n) is 3.23. The highest BCUT2D eigenvalue weighted by atomic mass is 35.5. The Morgan fingerprint density at radius 1 is 1.14 bits per heavy atom. The van der Waals surface area contributed by atoms with Gasteiger partial charge in [0.05, 0.1) is 0 Å². The second-order valence-corrected chi connectivity index (χ2v) is 9.30. The van der Waals surface area contributed by atoms with Gasteiger partial charge in [-0.1, -0.05) is 44.5 Å². The summed E-state index contributed by atoms with van der Waals surface area (Å²) >= 11 is 6.23. The third-order valence-electron chi connectivity index (χ3n) is 4.89. The molecule has 1 aromatic carbocycles. The molecule has 0 saturated heterocycles. The lowest BCUT2D eigenvalue weighted by Crippen LogP contribution is -2.54.